The number of carboxylic acids is 1. The predicted octanol–water partition coefficient (Wildman–Crippen LogP) is 1.96. The molecule has 0 radical (unpaired) electrons. The van der Waals surface area contributed by atoms with Crippen molar-refractivity contribution in [2.24, 2.45) is 0 Å². The summed E-state index contributed by atoms with van der Waals surface area (Å²) in [5, 5.41) is 12.3. The highest BCUT2D eigenvalue weighted by Gasteiger charge is 2.34. The second kappa shape index (κ2) is 6.85. The van der Waals surface area contributed by atoms with Gasteiger partial charge in [-0.05, 0) is 24.3 Å². The summed E-state index contributed by atoms with van der Waals surface area (Å²) in [5.74, 6) is -0.161. The second-order valence-electron chi connectivity index (χ2n) is 5.26. The number of carbonyl (C=O) groups excluding carboxylic acids is 1. The molecule has 5 nitrogen and oxygen atoms in total. The van der Waals surface area contributed by atoms with Crippen molar-refractivity contribution in [3.63, 3.8) is 0 Å². The third-order valence-corrected chi connectivity index (χ3v) is 4.41. The molecule has 2 N–H and O–H groups in total. The lowest BCUT2D eigenvalue weighted by Crippen LogP contribution is -2.54. The van der Waals surface area contributed by atoms with E-state index in [-0.39, 0.29) is 12.1 Å². The monoisotopic (exact) mass is 308 g/mol. The minimum Gasteiger partial charge on any atom is -0.480 e. The number of hydrogen-bond donors (Lipinski definition) is 2. The topological polar surface area (TPSA) is 69.6 Å². The fourth-order valence-corrected chi connectivity index (χ4v) is 3.13. The number of carbonyl (C=O) groups is 2. The molecule has 0 fully saturated rings. The van der Waals surface area contributed by atoms with E-state index in [9.17, 15) is 14.7 Å². The average Bonchev–Trinajstić information content (AvgIpc) is 2.45. The molecular weight excluding hydrogens is 288 g/mol. The fraction of sp³-hybridized carbons (Fsp3) is 0.467. The number of aliphatic carboxylic acids is 1. The lowest BCUT2D eigenvalue weighted by molar-refractivity contribution is -0.142. The molecule has 0 spiro atoms. The largest absolute Gasteiger partial charge is 0.480 e. The molecule has 1 heterocycles. The molecule has 1 aromatic rings. The fourth-order valence-electron chi connectivity index (χ4n) is 2.54. The van der Waals surface area contributed by atoms with Crippen LogP contribution in [-0.4, -0.2) is 46.1 Å². The smallest absolute Gasteiger partial charge is 0.326 e. The van der Waals surface area contributed by atoms with Gasteiger partial charge in [0.15, 0.2) is 0 Å². The second-order valence-corrected chi connectivity index (χ2v) is 6.17. The van der Waals surface area contributed by atoms with Crippen molar-refractivity contribution in [1.29, 1.82) is 0 Å². The van der Waals surface area contributed by atoms with Crippen molar-refractivity contribution < 1.29 is 14.7 Å². The molecule has 1 unspecified atom stereocenters. The van der Waals surface area contributed by atoms with E-state index in [4.69, 9.17) is 0 Å². The van der Waals surface area contributed by atoms with Gasteiger partial charge in [0.1, 0.15) is 6.04 Å². The highest BCUT2D eigenvalue weighted by atomic mass is 32.2. The van der Waals surface area contributed by atoms with Crippen molar-refractivity contribution in [1.82, 2.24) is 10.2 Å². The number of nitrogens with one attached hydrogen (secondary N) is 1. The first-order valence-corrected chi connectivity index (χ1v) is 8.28. The summed E-state index contributed by atoms with van der Waals surface area (Å²) >= 11 is 1.64. The van der Waals surface area contributed by atoms with E-state index in [1.165, 1.54) is 4.90 Å². The molecule has 0 aromatic heterocycles. The summed E-state index contributed by atoms with van der Waals surface area (Å²) in [6.45, 7) is 2.26. The highest BCUT2D eigenvalue weighted by molar-refractivity contribution is 7.98. The van der Waals surface area contributed by atoms with Gasteiger partial charge in [-0.25, -0.2) is 9.59 Å². The first-order chi connectivity index (χ1) is 10.0. The third-order valence-electron chi connectivity index (χ3n) is 3.58. The number of amides is 2. The molecule has 2 rings (SSSR count). The van der Waals surface area contributed by atoms with Gasteiger partial charge in [-0.3, -0.25) is 0 Å². The Kier molecular flexibility index (Phi) is 5.12. The first kappa shape index (κ1) is 15.7. The Bertz CT molecular complexity index is 535. The highest BCUT2D eigenvalue weighted by Crippen LogP contribution is 2.23. The van der Waals surface area contributed by atoms with E-state index in [0.717, 1.165) is 16.9 Å². The van der Waals surface area contributed by atoms with Gasteiger partial charge >= 0.3 is 12.0 Å². The number of carboxylic acid groups (broad SMARTS) is 1. The van der Waals surface area contributed by atoms with E-state index in [1.54, 1.807) is 11.8 Å². The van der Waals surface area contributed by atoms with Crippen molar-refractivity contribution in [3.8, 4) is 0 Å². The molecule has 0 saturated carbocycles. The van der Waals surface area contributed by atoms with Crippen LogP contribution in [0.4, 0.5) is 4.79 Å². The molecule has 1 aromatic carbocycles. The SMILES string of the molecule is CSCC(C)NC(=O)N1Cc2ccccc2C[C@H]1C(=O)O. The van der Waals surface area contributed by atoms with Crippen LogP contribution in [0.5, 0.6) is 0 Å². The molecule has 0 aliphatic carbocycles. The van der Waals surface area contributed by atoms with E-state index in [2.05, 4.69) is 5.32 Å². The summed E-state index contributed by atoms with van der Waals surface area (Å²) in [4.78, 5) is 25.2. The molecule has 21 heavy (non-hydrogen) atoms. The Balaban J connectivity index is 2.16. The zero-order chi connectivity index (χ0) is 15.4. The third kappa shape index (κ3) is 3.69. The van der Waals surface area contributed by atoms with Crippen molar-refractivity contribution in [2.75, 3.05) is 12.0 Å². The van der Waals surface area contributed by atoms with Crippen molar-refractivity contribution >= 4 is 23.8 Å². The van der Waals surface area contributed by atoms with E-state index in [1.807, 2.05) is 37.4 Å². The van der Waals surface area contributed by atoms with Crippen LogP contribution in [0, 0.1) is 0 Å². The van der Waals surface area contributed by atoms with E-state index >= 15 is 0 Å². The summed E-state index contributed by atoms with van der Waals surface area (Å²) in [6, 6.07) is 6.58. The van der Waals surface area contributed by atoms with Gasteiger partial charge in [0.25, 0.3) is 0 Å². The van der Waals surface area contributed by atoms with Crippen LogP contribution in [0.2, 0.25) is 0 Å². The van der Waals surface area contributed by atoms with Crippen LogP contribution in [0.1, 0.15) is 18.1 Å². The van der Waals surface area contributed by atoms with E-state index in [0.29, 0.717) is 13.0 Å². The molecule has 2 atom stereocenters. The maximum Gasteiger partial charge on any atom is 0.326 e. The van der Waals surface area contributed by atoms with Crippen LogP contribution >= 0.6 is 11.8 Å². The Morgan fingerprint density at radius 3 is 2.71 bits per heavy atom. The first-order valence-electron chi connectivity index (χ1n) is 6.88. The molecule has 114 valence electrons. The number of nitrogens with zero attached hydrogens (tertiary/aromatic N) is 1. The number of benzene rings is 1. The van der Waals surface area contributed by atoms with Crippen LogP contribution in [0.15, 0.2) is 24.3 Å². The summed E-state index contributed by atoms with van der Waals surface area (Å²) in [7, 11) is 0. The lowest BCUT2D eigenvalue weighted by atomic mass is 9.94. The molecule has 0 saturated heterocycles. The quantitative estimate of drug-likeness (QED) is 0.892. The van der Waals surface area contributed by atoms with Gasteiger partial charge in [-0.1, -0.05) is 24.3 Å². The number of rotatable bonds is 4. The zero-order valence-electron chi connectivity index (χ0n) is 12.2. The van der Waals surface area contributed by atoms with Gasteiger partial charge in [-0.2, -0.15) is 11.8 Å². The molecular formula is C15H20N2O3S. The van der Waals surface area contributed by atoms with Crippen molar-refractivity contribution in [2.45, 2.75) is 32.0 Å². The van der Waals surface area contributed by atoms with Gasteiger partial charge in [0, 0.05) is 24.8 Å². The predicted molar refractivity (Wildman–Crippen MR) is 83.5 cm³/mol. The normalized spacial score (nSPS) is 18.8. The lowest BCUT2D eigenvalue weighted by Gasteiger charge is -2.35. The Labute approximate surface area is 128 Å². The summed E-state index contributed by atoms with van der Waals surface area (Å²) < 4.78 is 0. The molecule has 0 bridgehead atoms. The Morgan fingerprint density at radius 1 is 1.43 bits per heavy atom. The minimum atomic E-state index is -0.961. The molecule has 1 aliphatic heterocycles. The van der Waals surface area contributed by atoms with Gasteiger partial charge < -0.3 is 15.3 Å². The number of urea groups is 1. The molecule has 1 aliphatic rings. The van der Waals surface area contributed by atoms with Crippen LogP contribution in [0.25, 0.3) is 0 Å². The Morgan fingerprint density at radius 2 is 2.10 bits per heavy atom. The molecule has 2 amide bonds. The summed E-state index contributed by atoms with van der Waals surface area (Å²) in [5.41, 5.74) is 2.02. The number of thioether (sulfide) groups is 1. The summed E-state index contributed by atoms with van der Waals surface area (Å²) in [6.07, 6.45) is 2.33. The standard InChI is InChI=1S/C15H20N2O3S/c1-10(9-21-2)16-15(20)17-8-12-6-4-3-5-11(12)7-13(17)14(18)19/h3-6,10,13H,7-9H2,1-2H3,(H,16,20)(H,18,19)/t10?,13-/m0/s1. The Hall–Kier alpha value is -1.69. The number of hydrogen-bond acceptors (Lipinski definition) is 3. The van der Waals surface area contributed by atoms with Crippen LogP contribution in [-0.2, 0) is 17.8 Å². The molecule has 6 heteroatoms. The van der Waals surface area contributed by atoms with Gasteiger partial charge in [0.2, 0.25) is 0 Å². The number of fused-ring (bicyclic) bond motifs is 1. The average molecular weight is 308 g/mol. The van der Waals surface area contributed by atoms with E-state index < -0.39 is 12.0 Å². The maximum atomic E-state index is 12.4. The van der Waals surface area contributed by atoms with Gasteiger partial charge in [-0.15, -0.1) is 0 Å². The van der Waals surface area contributed by atoms with Crippen LogP contribution in [0.3, 0.4) is 0 Å². The van der Waals surface area contributed by atoms with Gasteiger partial charge in [0.05, 0.1) is 0 Å². The zero-order valence-corrected chi connectivity index (χ0v) is 13.0. The minimum absolute atomic E-state index is 0.0131. The maximum absolute atomic E-state index is 12.4. The van der Waals surface area contributed by atoms with Crippen LogP contribution < -0.4 is 5.32 Å². The van der Waals surface area contributed by atoms with Crippen molar-refractivity contribution in [3.05, 3.63) is 35.4 Å².